The Labute approximate surface area is 74.9 Å². The Morgan fingerprint density at radius 3 is 2.08 bits per heavy atom. The zero-order valence-electron chi connectivity index (χ0n) is 8.36. The summed E-state index contributed by atoms with van der Waals surface area (Å²) in [4.78, 5) is 0. The fourth-order valence-electron chi connectivity index (χ4n) is 1.96. The van der Waals surface area contributed by atoms with Gasteiger partial charge in [-0.05, 0) is 42.6 Å². The third-order valence-electron chi connectivity index (χ3n) is 3.01. The number of rotatable bonds is 0. The van der Waals surface area contributed by atoms with Gasteiger partial charge in [-0.1, -0.05) is 20.8 Å². The smallest absolute Gasteiger partial charge is 0.0858 e. The Bertz CT molecular complexity index is 164. The lowest BCUT2D eigenvalue weighted by Gasteiger charge is -2.34. The van der Waals surface area contributed by atoms with Gasteiger partial charge >= 0.3 is 0 Å². The molecule has 1 saturated carbocycles. The molecule has 12 heavy (non-hydrogen) atoms. The van der Waals surface area contributed by atoms with Crippen LogP contribution in [-0.2, 0) is 0 Å². The van der Waals surface area contributed by atoms with Gasteiger partial charge < -0.3 is 0 Å². The van der Waals surface area contributed by atoms with Gasteiger partial charge in [-0.2, -0.15) is 0 Å². The van der Waals surface area contributed by atoms with Crippen LogP contribution in [0.2, 0.25) is 0 Å². The van der Waals surface area contributed by atoms with Crippen molar-refractivity contribution < 1.29 is 4.39 Å². The van der Waals surface area contributed by atoms with Crippen molar-refractivity contribution >= 4 is 0 Å². The zero-order valence-corrected chi connectivity index (χ0v) is 8.36. The fourth-order valence-corrected chi connectivity index (χ4v) is 1.96. The minimum Gasteiger partial charge on any atom is -0.216 e. The minimum absolute atomic E-state index is 0.405. The van der Waals surface area contributed by atoms with Crippen LogP contribution in [0.5, 0.6) is 0 Å². The molecule has 0 spiro atoms. The van der Waals surface area contributed by atoms with Gasteiger partial charge in [-0.3, -0.25) is 0 Å². The van der Waals surface area contributed by atoms with Crippen LogP contribution in [0.1, 0.15) is 46.5 Å². The molecule has 0 amide bonds. The van der Waals surface area contributed by atoms with Gasteiger partial charge in [0.2, 0.25) is 0 Å². The standard InChI is InChI=1S/C11H19F/c1-11(2,3)10-6-4-9(8-12)5-7-10/h8,10H,4-7H2,1-3H3. The van der Waals surface area contributed by atoms with Crippen LogP contribution in [0.4, 0.5) is 4.39 Å². The molecule has 0 aromatic heterocycles. The lowest BCUT2D eigenvalue weighted by atomic mass is 9.71. The molecule has 0 saturated heterocycles. The largest absolute Gasteiger partial charge is 0.216 e. The summed E-state index contributed by atoms with van der Waals surface area (Å²) >= 11 is 0. The highest BCUT2D eigenvalue weighted by Gasteiger charge is 2.27. The van der Waals surface area contributed by atoms with Crippen molar-refractivity contribution in [3.8, 4) is 0 Å². The lowest BCUT2D eigenvalue weighted by Crippen LogP contribution is -2.23. The topological polar surface area (TPSA) is 0 Å². The summed E-state index contributed by atoms with van der Waals surface area (Å²) in [6.07, 6.45) is 5.08. The molecule has 70 valence electrons. The Morgan fingerprint density at radius 1 is 1.25 bits per heavy atom. The molecule has 0 bridgehead atoms. The van der Waals surface area contributed by atoms with Gasteiger partial charge in [0.25, 0.3) is 0 Å². The molecule has 0 heterocycles. The number of allylic oxidation sites excluding steroid dienone is 1. The van der Waals surface area contributed by atoms with E-state index in [1.807, 2.05) is 0 Å². The Kier molecular flexibility index (Phi) is 2.92. The second kappa shape index (κ2) is 3.59. The van der Waals surface area contributed by atoms with Gasteiger partial charge in [0.05, 0.1) is 6.33 Å². The van der Waals surface area contributed by atoms with Crippen LogP contribution in [0.25, 0.3) is 0 Å². The zero-order chi connectivity index (χ0) is 9.19. The van der Waals surface area contributed by atoms with Crippen molar-refractivity contribution in [3.63, 3.8) is 0 Å². The number of halogens is 1. The molecule has 0 atom stereocenters. The lowest BCUT2D eigenvalue weighted by molar-refractivity contribution is 0.196. The van der Waals surface area contributed by atoms with E-state index < -0.39 is 0 Å². The maximum absolute atomic E-state index is 12.1. The van der Waals surface area contributed by atoms with Gasteiger partial charge in [-0.15, -0.1) is 0 Å². The summed E-state index contributed by atoms with van der Waals surface area (Å²) in [5.74, 6) is 0.779. The van der Waals surface area contributed by atoms with E-state index in [0.717, 1.165) is 30.7 Å². The van der Waals surface area contributed by atoms with E-state index in [2.05, 4.69) is 20.8 Å². The second-order valence-corrected chi connectivity index (χ2v) is 4.91. The molecule has 1 heteroatoms. The molecule has 0 nitrogen and oxygen atoms in total. The van der Waals surface area contributed by atoms with Gasteiger partial charge in [0.1, 0.15) is 0 Å². The molecule has 1 aliphatic carbocycles. The maximum atomic E-state index is 12.1. The molecule has 0 aromatic carbocycles. The van der Waals surface area contributed by atoms with Gasteiger partial charge in [0.15, 0.2) is 0 Å². The summed E-state index contributed by atoms with van der Waals surface area (Å²) in [6, 6.07) is 0. The highest BCUT2D eigenvalue weighted by atomic mass is 19.1. The van der Waals surface area contributed by atoms with Crippen molar-refractivity contribution in [1.82, 2.24) is 0 Å². The van der Waals surface area contributed by atoms with E-state index in [1.54, 1.807) is 0 Å². The average Bonchev–Trinajstić information content (AvgIpc) is 2.03. The predicted octanol–water partition coefficient (Wildman–Crippen LogP) is 4.08. The fraction of sp³-hybridized carbons (Fsp3) is 0.818. The van der Waals surface area contributed by atoms with Crippen LogP contribution in [0.15, 0.2) is 11.9 Å². The van der Waals surface area contributed by atoms with Crippen LogP contribution < -0.4 is 0 Å². The van der Waals surface area contributed by atoms with E-state index >= 15 is 0 Å². The first-order valence-corrected chi connectivity index (χ1v) is 4.82. The SMILES string of the molecule is CC(C)(C)C1CCC(=CF)CC1. The predicted molar refractivity (Wildman–Crippen MR) is 50.6 cm³/mol. The third kappa shape index (κ3) is 2.33. The number of hydrogen-bond donors (Lipinski definition) is 0. The van der Waals surface area contributed by atoms with Crippen molar-refractivity contribution in [1.29, 1.82) is 0 Å². The van der Waals surface area contributed by atoms with Gasteiger partial charge in [-0.25, -0.2) is 4.39 Å². The summed E-state index contributed by atoms with van der Waals surface area (Å²) < 4.78 is 12.1. The Morgan fingerprint density at radius 2 is 1.75 bits per heavy atom. The second-order valence-electron chi connectivity index (χ2n) is 4.91. The maximum Gasteiger partial charge on any atom is 0.0858 e. The molecule has 0 aliphatic heterocycles. The summed E-state index contributed by atoms with van der Waals surface area (Å²) in [7, 11) is 0. The van der Waals surface area contributed by atoms with Crippen LogP contribution in [-0.4, -0.2) is 0 Å². The Hall–Kier alpha value is -0.330. The van der Waals surface area contributed by atoms with E-state index in [1.165, 1.54) is 12.8 Å². The molecule has 0 radical (unpaired) electrons. The highest BCUT2D eigenvalue weighted by Crippen LogP contribution is 2.39. The van der Waals surface area contributed by atoms with Crippen molar-refractivity contribution in [2.75, 3.05) is 0 Å². The van der Waals surface area contributed by atoms with Crippen LogP contribution >= 0.6 is 0 Å². The van der Waals surface area contributed by atoms with E-state index in [-0.39, 0.29) is 0 Å². The summed E-state index contributed by atoms with van der Waals surface area (Å²) in [5.41, 5.74) is 1.41. The number of hydrogen-bond acceptors (Lipinski definition) is 0. The first-order valence-electron chi connectivity index (χ1n) is 4.82. The Balaban J connectivity index is 2.47. The summed E-state index contributed by atoms with van der Waals surface area (Å²) in [6.45, 7) is 6.84. The van der Waals surface area contributed by atoms with E-state index in [0.29, 0.717) is 5.41 Å². The monoisotopic (exact) mass is 170 g/mol. The van der Waals surface area contributed by atoms with Crippen molar-refractivity contribution in [2.24, 2.45) is 11.3 Å². The van der Waals surface area contributed by atoms with Crippen LogP contribution in [0.3, 0.4) is 0 Å². The molecular weight excluding hydrogens is 151 g/mol. The summed E-state index contributed by atoms with van der Waals surface area (Å²) in [5, 5.41) is 0. The molecule has 0 unspecified atom stereocenters. The average molecular weight is 170 g/mol. The van der Waals surface area contributed by atoms with Crippen molar-refractivity contribution in [3.05, 3.63) is 11.9 Å². The highest BCUT2D eigenvalue weighted by molar-refractivity contribution is 5.02. The first-order chi connectivity index (χ1) is 5.54. The van der Waals surface area contributed by atoms with E-state index in [4.69, 9.17) is 0 Å². The minimum atomic E-state index is 0.405. The molecule has 0 N–H and O–H groups in total. The van der Waals surface area contributed by atoms with Gasteiger partial charge in [0, 0.05) is 0 Å². The first kappa shape index (κ1) is 9.76. The molecule has 1 rings (SSSR count). The normalized spacial score (nSPS) is 25.7. The van der Waals surface area contributed by atoms with Crippen molar-refractivity contribution in [2.45, 2.75) is 46.5 Å². The van der Waals surface area contributed by atoms with E-state index in [9.17, 15) is 4.39 Å². The molecule has 1 aliphatic rings. The third-order valence-corrected chi connectivity index (χ3v) is 3.01. The molecule has 0 aromatic rings. The molecular formula is C11H19F. The quantitative estimate of drug-likeness (QED) is 0.514. The molecule has 1 fully saturated rings. The van der Waals surface area contributed by atoms with Crippen LogP contribution in [0, 0.1) is 11.3 Å².